The fraction of sp³-hybridized carbons (Fsp3) is 0.745. The molecule has 4 saturated carbocycles. The highest BCUT2D eigenvalue weighted by molar-refractivity contribution is 5.92. The van der Waals surface area contributed by atoms with Crippen LogP contribution in [-0.4, -0.2) is 106 Å². The second kappa shape index (κ2) is 14.5. The molecule has 7 aliphatic rings. The van der Waals surface area contributed by atoms with Crippen LogP contribution < -0.4 is 0 Å². The Kier molecular flexibility index (Phi) is 10.5. The molecule has 2 spiro atoms. The number of furan rings is 1. The first-order chi connectivity index (χ1) is 30.1. The summed E-state index contributed by atoms with van der Waals surface area (Å²) in [7, 11) is 1.20. The van der Waals surface area contributed by atoms with E-state index in [0.29, 0.717) is 0 Å². The minimum Gasteiger partial charge on any atom is -0.511 e. The highest BCUT2D eigenvalue weighted by Crippen LogP contribution is 2.90. The number of fused-ring (bicyclic) bond motifs is 3. The molecule has 358 valence electrons. The third-order valence-corrected chi connectivity index (χ3v) is 16.1. The van der Waals surface area contributed by atoms with Crippen LogP contribution in [-0.2, 0) is 71.4 Å². The molecule has 0 radical (unpaired) electrons. The molecule has 1 aromatic heterocycles. The zero-order valence-corrected chi connectivity index (χ0v) is 39.4. The molecule has 15 atom stereocenters. The molecule has 3 aliphatic heterocycles. The van der Waals surface area contributed by atoms with E-state index in [1.54, 1.807) is 76.2 Å². The van der Waals surface area contributed by atoms with E-state index < -0.39 is 164 Å². The average molecular weight is 915 g/mol. The van der Waals surface area contributed by atoms with E-state index in [-0.39, 0.29) is 12.0 Å². The van der Waals surface area contributed by atoms with Crippen molar-refractivity contribution in [2.75, 3.05) is 7.11 Å². The Labute approximate surface area is 377 Å². The molecule has 0 amide bonds. The van der Waals surface area contributed by atoms with E-state index in [2.05, 4.69) is 0 Å². The second-order valence-electron chi connectivity index (χ2n) is 21.1. The minimum absolute atomic E-state index is 0.189. The number of aliphatic hydroxyl groups is 2. The normalized spacial score (nSPS) is 44.7. The minimum atomic E-state index is -2.65. The van der Waals surface area contributed by atoms with Crippen LogP contribution in [0.2, 0.25) is 0 Å². The fourth-order valence-electron chi connectivity index (χ4n) is 13.9. The molecule has 2 N–H and O–H groups in total. The Hall–Kier alpha value is -4.52. The number of cyclic esters (lactones) is 1. The maximum Gasteiger partial charge on any atom is 0.338 e. The maximum absolute atomic E-state index is 15.2. The van der Waals surface area contributed by atoms with Gasteiger partial charge >= 0.3 is 35.8 Å². The number of hydrogen-bond acceptors (Lipinski definition) is 18. The summed E-state index contributed by atoms with van der Waals surface area (Å²) in [5, 5.41) is 26.9. The zero-order valence-electron chi connectivity index (χ0n) is 39.4. The van der Waals surface area contributed by atoms with Gasteiger partial charge in [0.15, 0.2) is 35.1 Å². The first kappa shape index (κ1) is 47.0. The number of allylic oxidation sites excluding steroid dienone is 1. The number of carbonyl (C=O) groups excluding carboxylic acids is 6. The Morgan fingerprint density at radius 3 is 1.91 bits per heavy atom. The molecule has 4 heterocycles. The smallest absolute Gasteiger partial charge is 0.338 e. The Morgan fingerprint density at radius 2 is 1.38 bits per heavy atom. The van der Waals surface area contributed by atoms with Crippen molar-refractivity contribution in [2.45, 2.75) is 162 Å². The predicted octanol–water partition coefficient (Wildman–Crippen LogP) is 4.94. The van der Waals surface area contributed by atoms with Crippen LogP contribution in [0.3, 0.4) is 0 Å². The Bertz CT molecular complexity index is 2250. The monoisotopic (exact) mass is 914 g/mol. The number of hydrogen-bond donors (Lipinski definition) is 2. The lowest BCUT2D eigenvalue weighted by Crippen LogP contribution is -2.97. The van der Waals surface area contributed by atoms with Gasteiger partial charge in [0.25, 0.3) is 5.97 Å². The van der Waals surface area contributed by atoms with Gasteiger partial charge in [-0.2, -0.15) is 0 Å². The van der Waals surface area contributed by atoms with Crippen molar-refractivity contribution < 1.29 is 86.0 Å². The van der Waals surface area contributed by atoms with Crippen molar-refractivity contribution in [3.63, 3.8) is 0 Å². The average Bonchev–Trinajstić information content (AvgIpc) is 3.92. The molecule has 4 aliphatic carbocycles. The molecule has 65 heavy (non-hydrogen) atoms. The molecule has 0 unspecified atom stereocenters. The van der Waals surface area contributed by atoms with Crippen molar-refractivity contribution >= 4 is 35.8 Å². The lowest BCUT2D eigenvalue weighted by atomic mass is 9.32. The van der Waals surface area contributed by atoms with Gasteiger partial charge in [0, 0.05) is 48.5 Å². The molecule has 0 aromatic carbocycles. The molecule has 3 saturated heterocycles. The lowest BCUT2D eigenvalue weighted by Gasteiger charge is -2.78. The summed E-state index contributed by atoms with van der Waals surface area (Å²) in [6.45, 7) is 20.3. The number of carbonyl (C=O) groups is 6. The number of rotatable bonds is 11. The van der Waals surface area contributed by atoms with E-state index in [1.165, 1.54) is 32.6 Å². The molecule has 18 heteroatoms. The fourth-order valence-corrected chi connectivity index (χ4v) is 13.9. The summed E-state index contributed by atoms with van der Waals surface area (Å²) in [5.74, 6) is -14.0. The summed E-state index contributed by atoms with van der Waals surface area (Å²) >= 11 is 0. The van der Waals surface area contributed by atoms with Crippen LogP contribution in [0, 0.1) is 51.8 Å². The molecule has 8 rings (SSSR count). The van der Waals surface area contributed by atoms with Crippen LogP contribution in [0.25, 0.3) is 0 Å². The van der Waals surface area contributed by atoms with Crippen LogP contribution in [0.1, 0.15) is 115 Å². The van der Waals surface area contributed by atoms with Crippen LogP contribution in [0.4, 0.5) is 0 Å². The molecular formula is C47H62O18. The predicted molar refractivity (Wildman–Crippen MR) is 219 cm³/mol. The largest absolute Gasteiger partial charge is 0.511 e. The number of aliphatic hydroxyl groups excluding tert-OH is 1. The summed E-state index contributed by atoms with van der Waals surface area (Å²) < 4.78 is 65.6. The van der Waals surface area contributed by atoms with Gasteiger partial charge < -0.3 is 57.3 Å². The highest BCUT2D eigenvalue weighted by Gasteiger charge is 3.07. The molecule has 1 aromatic rings. The number of methoxy groups -OCH3 is 1. The topological polar surface area (TPSA) is 239 Å². The SMILES string of the molecule is COC(=O)C[C@H]1[C@@]2(C)C[C@@]34O[C@]5(C)O[C@]6([C@@H]7C(=C(O)C(C)C)C(=O)O[C@@H](c8ccoc8)[C@]7(C)[C@@H](OC(=O)C(C)C)[C@@H](OC(=O)C(C)C)[C@]6(O5)[C@]13C)[C@H](OC(=O)C(C)C)[C@@]4(O)[C@H]2OC(C)=O. The summed E-state index contributed by atoms with van der Waals surface area (Å²) in [4.78, 5) is 86.2. The van der Waals surface area contributed by atoms with Crippen LogP contribution in [0.15, 0.2) is 34.3 Å². The van der Waals surface area contributed by atoms with E-state index in [9.17, 15) is 34.2 Å². The van der Waals surface area contributed by atoms with Gasteiger partial charge in [0.1, 0.15) is 23.6 Å². The van der Waals surface area contributed by atoms with Crippen LogP contribution >= 0.6 is 0 Å². The molecular weight excluding hydrogens is 852 g/mol. The van der Waals surface area contributed by atoms with Crippen molar-refractivity contribution in [2.24, 2.45) is 51.8 Å². The molecule has 18 nitrogen and oxygen atoms in total. The van der Waals surface area contributed by atoms with Crippen molar-refractivity contribution in [1.82, 2.24) is 0 Å². The first-order valence-corrected chi connectivity index (χ1v) is 22.4. The van der Waals surface area contributed by atoms with Gasteiger partial charge in [-0.25, -0.2) is 4.79 Å². The highest BCUT2D eigenvalue weighted by atomic mass is 16.9. The van der Waals surface area contributed by atoms with Crippen molar-refractivity contribution in [1.29, 1.82) is 0 Å². The van der Waals surface area contributed by atoms with E-state index >= 15 is 4.79 Å². The standard InChI is InChI=1S/C47H62O18/c1-20(2)29(50)28-30-41(11,31(59-37(28)54)25-15-16-57-18-25)32(60-34(51)21(3)4)33(61-35(52)22(5)6)47-42(12)26(17-27(49)56-14)40(10)19-44(42)45(55,38(40)58-24(9)48)39(62-36(53)23(7)8)46(30,47)64-43(13,63-44)65-47/h15-16,18,20-23,26,30-33,38-39,50,55H,17,19H2,1-14H3/t26-,30+,31-,32-,33+,38-,39+,40+,41+,42+,43+,44+,45-,46+,47-/m0/s1. The van der Waals surface area contributed by atoms with Gasteiger partial charge in [-0.1, -0.05) is 76.2 Å². The third kappa shape index (κ3) is 5.42. The van der Waals surface area contributed by atoms with Crippen molar-refractivity contribution in [3.8, 4) is 0 Å². The first-order valence-electron chi connectivity index (χ1n) is 22.4. The third-order valence-electron chi connectivity index (χ3n) is 16.1. The van der Waals surface area contributed by atoms with E-state index in [1.807, 2.05) is 0 Å². The summed E-state index contributed by atoms with van der Waals surface area (Å²) in [5.41, 5.74) is -15.3. The van der Waals surface area contributed by atoms with Gasteiger partial charge in [-0.05, 0) is 18.4 Å². The van der Waals surface area contributed by atoms with E-state index in [4.69, 9.17) is 47.0 Å². The quantitative estimate of drug-likeness (QED) is 0.129. The zero-order chi connectivity index (χ0) is 48.2. The molecule has 7 fully saturated rings. The summed E-state index contributed by atoms with van der Waals surface area (Å²) in [6.07, 6.45) is -6.73. The lowest BCUT2D eigenvalue weighted by molar-refractivity contribution is -0.491. The van der Waals surface area contributed by atoms with Gasteiger partial charge in [-0.3, -0.25) is 24.0 Å². The second-order valence-corrected chi connectivity index (χ2v) is 21.1. The van der Waals surface area contributed by atoms with Gasteiger partial charge in [0.2, 0.25) is 0 Å². The Balaban J connectivity index is 1.65. The van der Waals surface area contributed by atoms with E-state index in [0.717, 1.165) is 6.92 Å². The van der Waals surface area contributed by atoms with Gasteiger partial charge in [-0.15, -0.1) is 0 Å². The van der Waals surface area contributed by atoms with Crippen LogP contribution in [0.5, 0.6) is 0 Å². The summed E-state index contributed by atoms with van der Waals surface area (Å²) in [6, 6.07) is 1.53. The maximum atomic E-state index is 15.2. The molecule has 4 bridgehead atoms. The number of ether oxygens (including phenoxy) is 9. The number of esters is 6. The Morgan fingerprint density at radius 1 is 0.800 bits per heavy atom. The van der Waals surface area contributed by atoms with Crippen molar-refractivity contribution in [3.05, 3.63) is 35.5 Å². The van der Waals surface area contributed by atoms with Gasteiger partial charge in [0.05, 0.1) is 48.4 Å².